The Balaban J connectivity index is 4.27. The lowest BCUT2D eigenvalue weighted by molar-refractivity contribution is -0.167. The summed E-state index contributed by atoms with van der Waals surface area (Å²) in [6, 6.07) is 0. The quantitative estimate of drug-likeness (QED) is 0.0261. The molecule has 0 rings (SSSR count). The maximum absolute atomic E-state index is 12.9. The Bertz CT molecular complexity index is 1430. The fourth-order valence-corrected chi connectivity index (χ4v) is 9.03. The topological polar surface area (TPSA) is 78.9 Å². The van der Waals surface area contributed by atoms with Crippen molar-refractivity contribution in [1.29, 1.82) is 0 Å². The average Bonchev–Trinajstić information content (AvgIpc) is 3.41. The first kappa shape index (κ1) is 71.6. The molecule has 0 aliphatic rings. The van der Waals surface area contributed by atoms with Crippen molar-refractivity contribution in [2.75, 3.05) is 13.2 Å². The zero-order valence-corrected chi connectivity index (χ0v) is 49.6. The van der Waals surface area contributed by atoms with Crippen molar-refractivity contribution in [3.8, 4) is 0 Å². The molecule has 0 saturated heterocycles. The summed E-state index contributed by atoms with van der Waals surface area (Å²) in [6.45, 7) is 6.49. The predicted octanol–water partition coefficient (Wildman–Crippen LogP) is 21.9. The molecule has 0 heterocycles. The Morgan fingerprint density at radius 3 is 0.867 bits per heavy atom. The van der Waals surface area contributed by atoms with E-state index < -0.39 is 6.10 Å². The van der Waals surface area contributed by atoms with Crippen LogP contribution in [0.2, 0.25) is 0 Å². The molecule has 0 aromatic heterocycles. The van der Waals surface area contributed by atoms with Gasteiger partial charge in [-0.3, -0.25) is 14.4 Å². The van der Waals surface area contributed by atoms with Crippen LogP contribution in [0, 0.1) is 0 Å². The molecule has 0 saturated carbocycles. The van der Waals surface area contributed by atoms with Gasteiger partial charge in [0.15, 0.2) is 6.10 Å². The molecule has 1 atom stereocenters. The summed E-state index contributed by atoms with van der Waals surface area (Å²) in [4.78, 5) is 38.3. The van der Waals surface area contributed by atoms with Gasteiger partial charge in [0.25, 0.3) is 0 Å². The summed E-state index contributed by atoms with van der Waals surface area (Å²) in [6.07, 6.45) is 83.1. The molecule has 0 aliphatic carbocycles. The number of unbranched alkanes of at least 4 members (excludes halogenated alkanes) is 33. The fraction of sp³-hybridized carbons (Fsp3) is 0.754. The number of allylic oxidation sites excluding steroid dienone is 14. The van der Waals surface area contributed by atoms with Gasteiger partial charge in [0.05, 0.1) is 0 Å². The molecule has 6 nitrogen and oxygen atoms in total. The molecule has 6 heteroatoms. The minimum absolute atomic E-state index is 0.0815. The highest BCUT2D eigenvalue weighted by Crippen LogP contribution is 2.16. The second-order valence-electron chi connectivity index (χ2n) is 21.3. The van der Waals surface area contributed by atoms with E-state index in [1.54, 1.807) is 0 Å². The van der Waals surface area contributed by atoms with Gasteiger partial charge in [-0.15, -0.1) is 0 Å². The summed E-state index contributed by atoms with van der Waals surface area (Å²) in [7, 11) is 0. The van der Waals surface area contributed by atoms with Gasteiger partial charge >= 0.3 is 17.9 Å². The number of carbonyl (C=O) groups excluding carboxylic acids is 3. The molecule has 0 fully saturated rings. The van der Waals surface area contributed by atoms with E-state index in [1.165, 1.54) is 173 Å². The van der Waals surface area contributed by atoms with Crippen molar-refractivity contribution in [3.05, 3.63) is 85.1 Å². The highest BCUT2D eigenvalue weighted by molar-refractivity contribution is 5.71. The lowest BCUT2D eigenvalue weighted by Crippen LogP contribution is -2.30. The van der Waals surface area contributed by atoms with E-state index in [0.717, 1.165) is 103 Å². The number of hydrogen-bond donors (Lipinski definition) is 0. The lowest BCUT2D eigenvalue weighted by Gasteiger charge is -2.18. The van der Waals surface area contributed by atoms with Crippen LogP contribution in [0.15, 0.2) is 85.1 Å². The van der Waals surface area contributed by atoms with Crippen molar-refractivity contribution in [2.45, 2.75) is 322 Å². The number of carbonyl (C=O) groups is 3. The van der Waals surface area contributed by atoms with Crippen LogP contribution in [0.5, 0.6) is 0 Å². The van der Waals surface area contributed by atoms with E-state index in [-0.39, 0.29) is 31.1 Å². The molecule has 0 spiro atoms. The van der Waals surface area contributed by atoms with E-state index in [1.807, 2.05) is 0 Å². The van der Waals surface area contributed by atoms with E-state index in [4.69, 9.17) is 14.2 Å². The third-order valence-corrected chi connectivity index (χ3v) is 13.9. The van der Waals surface area contributed by atoms with Crippen LogP contribution in [-0.4, -0.2) is 37.2 Å². The van der Waals surface area contributed by atoms with Crippen molar-refractivity contribution in [2.24, 2.45) is 0 Å². The predicted molar refractivity (Wildman–Crippen MR) is 325 cm³/mol. The van der Waals surface area contributed by atoms with Crippen LogP contribution in [0.25, 0.3) is 0 Å². The molecular formula is C69H120O6. The summed E-state index contributed by atoms with van der Waals surface area (Å²) in [5.74, 6) is -0.890. The van der Waals surface area contributed by atoms with Crippen LogP contribution >= 0.6 is 0 Å². The standard InChI is InChI=1S/C69H120O6/c1-4-7-10-13-16-19-22-24-26-28-30-32-33-34-35-37-38-40-42-44-47-50-53-56-59-62-68(71)74-65-66(64-73-67(70)61-58-55-52-49-46-21-18-15-12-9-6-3)75-69(72)63-60-57-54-51-48-45-43-41-39-36-31-29-27-25-23-20-17-14-11-8-5-2/h8,11,15,17-18,20,22,24-25,27-28,30-31,36,66H,4-7,9-10,12-14,16,19,21,23,26,29,32-35,37-65H2,1-3H3/b11-8-,18-15-,20-17-,24-22-,27-25-,30-28-,36-31-. The number of esters is 3. The molecule has 0 aromatic rings. The molecule has 0 N–H and O–H groups in total. The summed E-state index contributed by atoms with van der Waals surface area (Å²) in [5.41, 5.74) is 0. The van der Waals surface area contributed by atoms with Crippen molar-refractivity contribution >= 4 is 17.9 Å². The zero-order chi connectivity index (χ0) is 54.3. The van der Waals surface area contributed by atoms with E-state index in [2.05, 4.69) is 106 Å². The first-order valence-corrected chi connectivity index (χ1v) is 32.1. The highest BCUT2D eigenvalue weighted by atomic mass is 16.6. The third-order valence-electron chi connectivity index (χ3n) is 13.9. The first-order chi connectivity index (χ1) is 37.0. The SMILES string of the molecule is CC/C=C\C/C=C\C/C=C\C/C=C\CCCCCCCCCCC(=O)OC(COC(=O)CCCCCCC/C=C\CCCC)COC(=O)CCCCCCCCCCCCCCC/C=C\C/C=C\CCCCCCC. The van der Waals surface area contributed by atoms with Gasteiger partial charge in [-0.25, -0.2) is 0 Å². The van der Waals surface area contributed by atoms with Gasteiger partial charge < -0.3 is 14.2 Å². The number of hydrogen-bond acceptors (Lipinski definition) is 6. The van der Waals surface area contributed by atoms with Crippen LogP contribution in [-0.2, 0) is 28.6 Å². The second kappa shape index (κ2) is 63.1. The van der Waals surface area contributed by atoms with Gasteiger partial charge in [-0.2, -0.15) is 0 Å². The largest absolute Gasteiger partial charge is 0.462 e. The molecule has 0 aliphatic heterocycles. The highest BCUT2D eigenvalue weighted by Gasteiger charge is 2.19. The second-order valence-corrected chi connectivity index (χ2v) is 21.3. The molecule has 1 unspecified atom stereocenters. The lowest BCUT2D eigenvalue weighted by atomic mass is 10.0. The van der Waals surface area contributed by atoms with E-state index >= 15 is 0 Å². The monoisotopic (exact) mass is 1040 g/mol. The summed E-state index contributed by atoms with van der Waals surface area (Å²) < 4.78 is 16.9. The maximum atomic E-state index is 12.9. The molecule has 0 radical (unpaired) electrons. The summed E-state index contributed by atoms with van der Waals surface area (Å²) >= 11 is 0. The number of rotatable bonds is 58. The van der Waals surface area contributed by atoms with Crippen LogP contribution in [0.3, 0.4) is 0 Å². The third kappa shape index (κ3) is 61.3. The van der Waals surface area contributed by atoms with E-state index in [0.29, 0.717) is 19.3 Å². The Kier molecular flexibility index (Phi) is 60.3. The smallest absolute Gasteiger partial charge is 0.306 e. The van der Waals surface area contributed by atoms with Gasteiger partial charge in [0.2, 0.25) is 0 Å². The van der Waals surface area contributed by atoms with Crippen molar-refractivity contribution in [1.82, 2.24) is 0 Å². The van der Waals surface area contributed by atoms with Crippen LogP contribution in [0.4, 0.5) is 0 Å². The molecular weight excluding hydrogens is 925 g/mol. The van der Waals surface area contributed by atoms with E-state index in [9.17, 15) is 14.4 Å². The molecule has 0 aromatic carbocycles. The molecule has 0 bridgehead atoms. The van der Waals surface area contributed by atoms with Gasteiger partial charge in [0, 0.05) is 19.3 Å². The Morgan fingerprint density at radius 1 is 0.280 bits per heavy atom. The molecule has 75 heavy (non-hydrogen) atoms. The zero-order valence-electron chi connectivity index (χ0n) is 49.6. The number of ether oxygens (including phenoxy) is 3. The first-order valence-electron chi connectivity index (χ1n) is 32.1. The minimum Gasteiger partial charge on any atom is -0.462 e. The Morgan fingerprint density at radius 2 is 0.533 bits per heavy atom. The average molecular weight is 1050 g/mol. The van der Waals surface area contributed by atoms with Gasteiger partial charge in [-0.1, -0.05) is 273 Å². The van der Waals surface area contributed by atoms with Gasteiger partial charge in [-0.05, 0) is 109 Å². The summed E-state index contributed by atoms with van der Waals surface area (Å²) in [5, 5.41) is 0. The molecule has 0 amide bonds. The van der Waals surface area contributed by atoms with Crippen LogP contribution in [0.1, 0.15) is 316 Å². The molecule has 432 valence electrons. The Labute approximate surface area is 465 Å². The minimum atomic E-state index is -0.785. The Hall–Kier alpha value is -3.41. The van der Waals surface area contributed by atoms with Crippen molar-refractivity contribution < 1.29 is 28.6 Å². The van der Waals surface area contributed by atoms with Crippen molar-refractivity contribution in [3.63, 3.8) is 0 Å². The maximum Gasteiger partial charge on any atom is 0.306 e. The fourth-order valence-electron chi connectivity index (χ4n) is 9.03. The van der Waals surface area contributed by atoms with Gasteiger partial charge in [0.1, 0.15) is 13.2 Å². The normalized spacial score (nSPS) is 12.6. The van der Waals surface area contributed by atoms with Crippen LogP contribution < -0.4 is 0 Å².